The summed E-state index contributed by atoms with van der Waals surface area (Å²) in [5.41, 5.74) is 1.14. The van der Waals surface area contributed by atoms with Gasteiger partial charge >= 0.3 is 0 Å². The molecule has 112 valence electrons. The van der Waals surface area contributed by atoms with Gasteiger partial charge in [-0.15, -0.1) is 0 Å². The van der Waals surface area contributed by atoms with E-state index in [-0.39, 0.29) is 0 Å². The van der Waals surface area contributed by atoms with Crippen LogP contribution in [0.5, 0.6) is 0 Å². The quantitative estimate of drug-likeness (QED) is 0.845. The number of aryl methyl sites for hydroxylation is 1. The summed E-state index contributed by atoms with van der Waals surface area (Å²) in [6.45, 7) is 8.46. The Bertz CT molecular complexity index is 412. The zero-order chi connectivity index (χ0) is 13.9. The molecule has 4 nitrogen and oxygen atoms in total. The van der Waals surface area contributed by atoms with E-state index in [2.05, 4.69) is 45.8 Å². The van der Waals surface area contributed by atoms with Gasteiger partial charge in [-0.1, -0.05) is 0 Å². The lowest BCUT2D eigenvalue weighted by molar-refractivity contribution is 0.126. The fourth-order valence-corrected chi connectivity index (χ4v) is 3.61. The molecule has 0 aliphatic carbocycles. The molecule has 3 rings (SSSR count). The van der Waals surface area contributed by atoms with Gasteiger partial charge in [0, 0.05) is 25.8 Å². The van der Waals surface area contributed by atoms with E-state index in [9.17, 15) is 0 Å². The van der Waals surface area contributed by atoms with Crippen LogP contribution in [-0.2, 0) is 0 Å². The standard InChI is InChI=1S/C16H28N4/c1-14-3-12-20(17-14)16-6-10-19(11-7-16)13-15-4-8-18(2)9-5-15/h3,12,15-16H,4-11,13H2,1-2H3. The van der Waals surface area contributed by atoms with Crippen molar-refractivity contribution in [2.45, 2.75) is 38.6 Å². The molecule has 0 bridgehead atoms. The Morgan fingerprint density at radius 2 is 1.80 bits per heavy atom. The Kier molecular flexibility index (Phi) is 4.41. The van der Waals surface area contributed by atoms with Gasteiger partial charge in [-0.05, 0) is 64.7 Å². The first kappa shape index (κ1) is 14.1. The molecule has 0 aromatic carbocycles. The normalized spacial score (nSPS) is 24.3. The van der Waals surface area contributed by atoms with Crippen LogP contribution < -0.4 is 0 Å². The van der Waals surface area contributed by atoms with Gasteiger partial charge in [0.2, 0.25) is 0 Å². The topological polar surface area (TPSA) is 24.3 Å². The van der Waals surface area contributed by atoms with Gasteiger partial charge in [0.1, 0.15) is 0 Å². The summed E-state index contributed by atoms with van der Waals surface area (Å²) in [6.07, 6.45) is 7.43. The number of piperidine rings is 2. The smallest absolute Gasteiger partial charge is 0.0593 e. The predicted octanol–water partition coefficient (Wildman–Crippen LogP) is 2.17. The van der Waals surface area contributed by atoms with Crippen LogP contribution in [-0.4, -0.2) is 59.4 Å². The van der Waals surface area contributed by atoms with E-state index >= 15 is 0 Å². The average molecular weight is 276 g/mol. The number of aromatic nitrogens is 2. The monoisotopic (exact) mass is 276 g/mol. The molecule has 4 heteroatoms. The molecule has 0 atom stereocenters. The summed E-state index contributed by atoms with van der Waals surface area (Å²) in [5, 5.41) is 4.58. The number of likely N-dealkylation sites (tertiary alicyclic amines) is 2. The summed E-state index contributed by atoms with van der Waals surface area (Å²) in [5.74, 6) is 0.926. The molecule has 1 aromatic rings. The molecule has 0 radical (unpaired) electrons. The third kappa shape index (κ3) is 3.41. The van der Waals surface area contributed by atoms with Crippen LogP contribution >= 0.6 is 0 Å². The minimum absolute atomic E-state index is 0.623. The van der Waals surface area contributed by atoms with Gasteiger partial charge < -0.3 is 9.80 Å². The van der Waals surface area contributed by atoms with E-state index in [0.29, 0.717) is 6.04 Å². The van der Waals surface area contributed by atoms with Crippen molar-refractivity contribution < 1.29 is 0 Å². The van der Waals surface area contributed by atoms with Crippen LogP contribution in [0.3, 0.4) is 0 Å². The summed E-state index contributed by atoms with van der Waals surface area (Å²) in [6, 6.07) is 2.74. The van der Waals surface area contributed by atoms with Crippen LogP contribution in [0.15, 0.2) is 12.3 Å². The molecule has 0 N–H and O–H groups in total. The maximum absolute atomic E-state index is 4.58. The first-order chi connectivity index (χ1) is 9.70. The van der Waals surface area contributed by atoms with Crippen molar-refractivity contribution >= 4 is 0 Å². The van der Waals surface area contributed by atoms with E-state index in [1.54, 1.807) is 0 Å². The molecule has 2 aliphatic heterocycles. The fraction of sp³-hybridized carbons (Fsp3) is 0.812. The van der Waals surface area contributed by atoms with Crippen LogP contribution in [0.4, 0.5) is 0 Å². The Balaban J connectivity index is 1.44. The van der Waals surface area contributed by atoms with Crippen LogP contribution in [0.2, 0.25) is 0 Å². The Hall–Kier alpha value is -0.870. The fourth-order valence-electron chi connectivity index (χ4n) is 3.61. The zero-order valence-electron chi connectivity index (χ0n) is 13.0. The molecule has 2 saturated heterocycles. The highest BCUT2D eigenvalue weighted by Gasteiger charge is 2.24. The van der Waals surface area contributed by atoms with Gasteiger partial charge in [0.05, 0.1) is 11.7 Å². The minimum Gasteiger partial charge on any atom is -0.306 e. The summed E-state index contributed by atoms with van der Waals surface area (Å²) in [7, 11) is 2.24. The molecule has 3 heterocycles. The van der Waals surface area contributed by atoms with E-state index in [1.165, 1.54) is 58.4 Å². The number of rotatable bonds is 3. The molecular weight excluding hydrogens is 248 g/mol. The van der Waals surface area contributed by atoms with Crippen molar-refractivity contribution in [2.75, 3.05) is 39.8 Å². The second-order valence-corrected chi connectivity index (χ2v) is 6.72. The van der Waals surface area contributed by atoms with Gasteiger partial charge in [-0.2, -0.15) is 5.10 Å². The highest BCUT2D eigenvalue weighted by atomic mass is 15.3. The van der Waals surface area contributed by atoms with Crippen LogP contribution in [0.25, 0.3) is 0 Å². The molecule has 1 aromatic heterocycles. The van der Waals surface area contributed by atoms with Crippen LogP contribution in [0, 0.1) is 12.8 Å². The van der Waals surface area contributed by atoms with Crippen molar-refractivity contribution in [1.82, 2.24) is 19.6 Å². The maximum atomic E-state index is 4.58. The molecule has 2 fully saturated rings. The molecule has 0 amide bonds. The molecule has 20 heavy (non-hydrogen) atoms. The minimum atomic E-state index is 0.623. The first-order valence-corrected chi connectivity index (χ1v) is 8.13. The van der Waals surface area contributed by atoms with Gasteiger partial charge in [0.15, 0.2) is 0 Å². The maximum Gasteiger partial charge on any atom is 0.0593 e. The van der Waals surface area contributed by atoms with Crippen molar-refractivity contribution in [3.05, 3.63) is 18.0 Å². The van der Waals surface area contributed by atoms with E-state index in [0.717, 1.165) is 11.6 Å². The summed E-state index contributed by atoms with van der Waals surface area (Å²) < 4.78 is 2.18. The third-order valence-electron chi connectivity index (χ3n) is 5.03. The van der Waals surface area contributed by atoms with Crippen molar-refractivity contribution in [1.29, 1.82) is 0 Å². The van der Waals surface area contributed by atoms with E-state index in [1.807, 2.05) is 0 Å². The number of hydrogen-bond donors (Lipinski definition) is 0. The summed E-state index contributed by atoms with van der Waals surface area (Å²) >= 11 is 0. The third-order valence-corrected chi connectivity index (χ3v) is 5.03. The predicted molar refractivity (Wildman–Crippen MR) is 81.9 cm³/mol. The summed E-state index contributed by atoms with van der Waals surface area (Å²) in [4.78, 5) is 5.14. The lowest BCUT2D eigenvalue weighted by Crippen LogP contribution is -2.41. The van der Waals surface area contributed by atoms with E-state index in [4.69, 9.17) is 0 Å². The largest absolute Gasteiger partial charge is 0.306 e. The Morgan fingerprint density at radius 1 is 1.10 bits per heavy atom. The molecule has 0 saturated carbocycles. The Labute approximate surface area is 122 Å². The average Bonchev–Trinajstić information content (AvgIpc) is 2.89. The van der Waals surface area contributed by atoms with E-state index < -0.39 is 0 Å². The Morgan fingerprint density at radius 3 is 2.40 bits per heavy atom. The number of hydrogen-bond acceptors (Lipinski definition) is 3. The SMILES string of the molecule is Cc1ccn(C2CCN(CC3CCN(C)CC3)CC2)n1. The zero-order valence-corrected chi connectivity index (χ0v) is 13.0. The van der Waals surface area contributed by atoms with Gasteiger partial charge in [-0.25, -0.2) is 0 Å². The first-order valence-electron chi connectivity index (χ1n) is 8.13. The lowest BCUT2D eigenvalue weighted by Gasteiger charge is -2.36. The number of nitrogens with zero attached hydrogens (tertiary/aromatic N) is 4. The molecule has 0 unspecified atom stereocenters. The highest BCUT2D eigenvalue weighted by Crippen LogP contribution is 2.24. The van der Waals surface area contributed by atoms with Gasteiger partial charge in [0.25, 0.3) is 0 Å². The molecule has 2 aliphatic rings. The van der Waals surface area contributed by atoms with Crippen molar-refractivity contribution in [3.63, 3.8) is 0 Å². The second kappa shape index (κ2) is 6.27. The van der Waals surface area contributed by atoms with Crippen molar-refractivity contribution in [3.8, 4) is 0 Å². The van der Waals surface area contributed by atoms with Gasteiger partial charge in [-0.3, -0.25) is 4.68 Å². The van der Waals surface area contributed by atoms with Crippen molar-refractivity contribution in [2.24, 2.45) is 5.92 Å². The van der Waals surface area contributed by atoms with Crippen LogP contribution in [0.1, 0.15) is 37.4 Å². The molecule has 0 spiro atoms. The second-order valence-electron chi connectivity index (χ2n) is 6.72. The highest BCUT2D eigenvalue weighted by molar-refractivity contribution is 4.96. The lowest BCUT2D eigenvalue weighted by atomic mass is 9.95. The molecular formula is C16H28N4.